The van der Waals surface area contributed by atoms with Crippen LogP contribution in [0.3, 0.4) is 0 Å². The van der Waals surface area contributed by atoms with E-state index in [1.807, 2.05) is 30.3 Å². The fourth-order valence-corrected chi connectivity index (χ4v) is 1.10. The zero-order valence-electron chi connectivity index (χ0n) is 7.25. The molecule has 5 heteroatoms. The van der Waals surface area contributed by atoms with Crippen molar-refractivity contribution in [2.45, 2.75) is 0 Å². The lowest BCUT2D eigenvalue weighted by Gasteiger charge is -1.99. The first-order valence-electron chi connectivity index (χ1n) is 4.03. The molecule has 0 aliphatic heterocycles. The van der Waals surface area contributed by atoms with E-state index in [2.05, 4.69) is 10.1 Å². The quantitative estimate of drug-likeness (QED) is 0.645. The van der Waals surface area contributed by atoms with E-state index in [9.17, 15) is 0 Å². The highest BCUT2D eigenvalue weighted by atomic mass is 16.5. The van der Waals surface area contributed by atoms with Crippen LogP contribution >= 0.6 is 0 Å². The monoisotopic (exact) mass is 188 g/mol. The van der Waals surface area contributed by atoms with Gasteiger partial charge in [-0.05, 0) is 0 Å². The molecule has 0 saturated heterocycles. The van der Waals surface area contributed by atoms with Gasteiger partial charge in [-0.2, -0.15) is 0 Å². The van der Waals surface area contributed by atoms with E-state index in [4.69, 9.17) is 10.6 Å². The molecule has 0 atom stereocenters. The maximum atomic E-state index is 8.95. The molecule has 0 aliphatic carbocycles. The van der Waals surface area contributed by atoms with Crippen molar-refractivity contribution < 1.29 is 5.21 Å². The molecule has 70 valence electrons. The smallest absolute Gasteiger partial charge is 0.277 e. The Labute approximate surface area is 79.8 Å². The molecular weight excluding hydrogens is 180 g/mol. The Hall–Kier alpha value is -2.17. The van der Waals surface area contributed by atoms with Gasteiger partial charge in [0.1, 0.15) is 0 Å². The number of hydrogen-bond acceptors (Lipinski definition) is 4. The molecule has 1 aromatic carbocycles. The number of nitrogens with zero attached hydrogens (tertiary/aromatic N) is 3. The Kier molecular flexibility index (Phi) is 1.98. The van der Waals surface area contributed by atoms with Gasteiger partial charge >= 0.3 is 0 Å². The Morgan fingerprint density at radius 3 is 2.57 bits per heavy atom. The van der Waals surface area contributed by atoms with Crippen LogP contribution in [-0.2, 0) is 0 Å². The first-order chi connectivity index (χ1) is 6.77. The molecule has 0 saturated carbocycles. The average molecular weight is 188 g/mol. The molecule has 0 aliphatic rings. The van der Waals surface area contributed by atoms with E-state index >= 15 is 0 Å². The Morgan fingerprint density at radius 1 is 1.21 bits per heavy atom. The predicted molar refractivity (Wildman–Crippen MR) is 48.5 cm³/mol. The second kappa shape index (κ2) is 3.29. The van der Waals surface area contributed by atoms with Crippen molar-refractivity contribution in [3.63, 3.8) is 0 Å². The molecule has 0 radical (unpaired) electrons. The summed E-state index contributed by atoms with van der Waals surface area (Å²) in [7, 11) is 0. The highest BCUT2D eigenvalue weighted by Crippen LogP contribution is 2.12. The van der Waals surface area contributed by atoms with E-state index in [0.717, 1.165) is 5.56 Å². The maximum absolute atomic E-state index is 8.95. The number of rotatable bonds is 1. The highest BCUT2D eigenvalue weighted by Gasteiger charge is 1.99. The molecule has 2 aromatic rings. The zero-order chi connectivity index (χ0) is 9.97. The lowest BCUT2D eigenvalue weighted by atomic mass is 10.2. The van der Waals surface area contributed by atoms with Crippen LogP contribution < -0.4 is 5.62 Å². The summed E-state index contributed by atoms with van der Waals surface area (Å²) in [6.45, 7) is 0. The molecular formula is C9H8N4O. The van der Waals surface area contributed by atoms with Crippen LogP contribution in [0.25, 0.3) is 11.3 Å². The number of hydrogen-bond donors (Lipinski definition) is 2. The average Bonchev–Trinajstić information content (AvgIpc) is 2.23. The van der Waals surface area contributed by atoms with Gasteiger partial charge in [-0.15, -0.1) is 5.10 Å². The van der Waals surface area contributed by atoms with Gasteiger partial charge in [0, 0.05) is 5.56 Å². The Balaban J connectivity index is 2.54. The molecule has 0 bridgehead atoms. The fourth-order valence-electron chi connectivity index (χ4n) is 1.10. The Morgan fingerprint density at radius 2 is 1.93 bits per heavy atom. The summed E-state index contributed by atoms with van der Waals surface area (Å²) >= 11 is 0. The van der Waals surface area contributed by atoms with Crippen LogP contribution in [0.4, 0.5) is 0 Å². The number of benzene rings is 1. The van der Waals surface area contributed by atoms with Crippen molar-refractivity contribution in [2.75, 3.05) is 0 Å². The molecule has 2 N–H and O–H groups in total. The highest BCUT2D eigenvalue weighted by molar-refractivity contribution is 5.56. The van der Waals surface area contributed by atoms with Crippen molar-refractivity contribution in [3.05, 3.63) is 42.1 Å². The molecule has 0 unspecified atom stereocenters. The van der Waals surface area contributed by atoms with Crippen molar-refractivity contribution >= 4 is 0 Å². The molecule has 0 spiro atoms. The minimum Gasteiger partial charge on any atom is -0.409 e. The normalized spacial score (nSPS) is 10.0. The van der Waals surface area contributed by atoms with E-state index in [-0.39, 0.29) is 5.62 Å². The molecule has 1 aromatic heterocycles. The zero-order valence-corrected chi connectivity index (χ0v) is 7.25. The van der Waals surface area contributed by atoms with E-state index in [1.165, 1.54) is 6.20 Å². The molecule has 1 heterocycles. The molecule has 14 heavy (non-hydrogen) atoms. The summed E-state index contributed by atoms with van der Waals surface area (Å²) in [6.07, 6.45) is 1.41. The number of aromatic nitrogens is 3. The van der Waals surface area contributed by atoms with Crippen LogP contribution in [0.2, 0.25) is 0 Å². The summed E-state index contributed by atoms with van der Waals surface area (Å²) in [5, 5.41) is 19.8. The second-order valence-corrected chi connectivity index (χ2v) is 2.72. The third-order valence-electron chi connectivity index (χ3n) is 1.77. The van der Waals surface area contributed by atoms with E-state index in [0.29, 0.717) is 10.5 Å². The minimum absolute atomic E-state index is 0.286. The van der Waals surface area contributed by atoms with Crippen molar-refractivity contribution in [3.8, 4) is 11.3 Å². The van der Waals surface area contributed by atoms with Gasteiger partial charge in [0.05, 0.1) is 11.9 Å². The lowest BCUT2D eigenvalue weighted by molar-refractivity contribution is 0.124. The molecule has 2 rings (SSSR count). The predicted octanol–water partition coefficient (Wildman–Crippen LogP) is 0.662. The summed E-state index contributed by atoms with van der Waals surface area (Å²) < 4.78 is 0. The first-order valence-corrected chi connectivity index (χ1v) is 4.03. The SMILES string of the molecule is N=c1nc(-c2ccccc2)cnn1O. The Bertz CT molecular complexity index is 492. The summed E-state index contributed by atoms with van der Waals surface area (Å²) in [5.41, 5.74) is 1.15. The molecule has 5 nitrogen and oxygen atoms in total. The third-order valence-corrected chi connectivity index (χ3v) is 1.77. The van der Waals surface area contributed by atoms with Crippen LogP contribution in [0.5, 0.6) is 0 Å². The summed E-state index contributed by atoms with van der Waals surface area (Å²) in [6, 6.07) is 9.38. The molecule has 0 amide bonds. The van der Waals surface area contributed by atoms with E-state index < -0.39 is 0 Å². The van der Waals surface area contributed by atoms with Crippen LogP contribution in [0.1, 0.15) is 0 Å². The largest absolute Gasteiger partial charge is 0.409 e. The summed E-state index contributed by atoms with van der Waals surface area (Å²) in [5.74, 6) is 0. The van der Waals surface area contributed by atoms with Crippen LogP contribution in [-0.4, -0.2) is 20.1 Å². The van der Waals surface area contributed by atoms with Crippen LogP contribution in [0.15, 0.2) is 36.5 Å². The minimum atomic E-state index is -0.286. The van der Waals surface area contributed by atoms with E-state index in [1.54, 1.807) is 0 Å². The van der Waals surface area contributed by atoms with Crippen molar-refractivity contribution in [1.82, 2.24) is 14.9 Å². The van der Waals surface area contributed by atoms with Gasteiger partial charge in [-0.25, -0.2) is 4.98 Å². The second-order valence-electron chi connectivity index (χ2n) is 2.72. The van der Waals surface area contributed by atoms with Gasteiger partial charge in [0.25, 0.3) is 5.62 Å². The standard InChI is InChI=1S/C9H8N4O/c10-9-12-8(6-11-13(9)14)7-4-2-1-3-5-7/h1-6,10,14H. The molecule has 0 fully saturated rings. The van der Waals surface area contributed by atoms with Crippen molar-refractivity contribution in [1.29, 1.82) is 5.41 Å². The first kappa shape index (κ1) is 8.43. The van der Waals surface area contributed by atoms with Gasteiger partial charge in [-0.3, -0.25) is 5.41 Å². The van der Waals surface area contributed by atoms with Crippen LogP contribution in [0, 0.1) is 5.41 Å². The van der Waals surface area contributed by atoms with Gasteiger partial charge in [0.2, 0.25) is 0 Å². The van der Waals surface area contributed by atoms with Crippen molar-refractivity contribution in [2.24, 2.45) is 0 Å². The third kappa shape index (κ3) is 1.47. The lowest BCUT2D eigenvalue weighted by Crippen LogP contribution is -2.23. The van der Waals surface area contributed by atoms with Gasteiger partial charge in [0.15, 0.2) is 0 Å². The van der Waals surface area contributed by atoms with Gasteiger partial charge < -0.3 is 5.21 Å². The van der Waals surface area contributed by atoms with Gasteiger partial charge in [-0.1, -0.05) is 35.2 Å². The topological polar surface area (TPSA) is 74.8 Å². The maximum Gasteiger partial charge on any atom is 0.277 e. The summed E-state index contributed by atoms with van der Waals surface area (Å²) in [4.78, 5) is 4.28. The fraction of sp³-hybridized carbons (Fsp3) is 0. The number of nitrogens with one attached hydrogen (secondary N) is 1.